The van der Waals surface area contributed by atoms with Gasteiger partial charge in [0.25, 0.3) is 0 Å². The minimum absolute atomic E-state index is 0. The molecule has 0 atom stereocenters. The lowest BCUT2D eigenvalue weighted by Gasteiger charge is -2.13. The number of aliphatic hydroxyl groups excluding tert-OH is 1. The Hall–Kier alpha value is -1.57. The number of benzene rings is 1. The highest BCUT2D eigenvalue weighted by Gasteiger charge is 2.11. The average Bonchev–Trinajstić information content (AvgIpc) is 2.60. The van der Waals surface area contributed by atoms with Crippen LogP contribution in [0.1, 0.15) is 0 Å². The Labute approximate surface area is 169 Å². The van der Waals surface area contributed by atoms with E-state index >= 15 is 0 Å². The molecule has 0 amide bonds. The Balaban J connectivity index is 0.00000169. The van der Waals surface area contributed by atoms with Crippen LogP contribution in [-0.2, 0) is 0 Å². The van der Waals surface area contributed by atoms with Crippen LogP contribution in [0.25, 0.3) is 21.9 Å². The second-order valence-electron chi connectivity index (χ2n) is 5.27. The molecule has 9 heteroatoms. The highest BCUT2D eigenvalue weighted by Crippen LogP contribution is 2.32. The summed E-state index contributed by atoms with van der Waals surface area (Å²) in [6, 6.07) is 9.36. The molecule has 26 heavy (non-hydrogen) atoms. The molecule has 0 saturated heterocycles. The highest BCUT2D eigenvalue weighted by atomic mass is 35.5. The predicted molar refractivity (Wildman–Crippen MR) is 112 cm³/mol. The first kappa shape index (κ1) is 22.5. The van der Waals surface area contributed by atoms with E-state index in [1.54, 1.807) is 13.2 Å². The van der Waals surface area contributed by atoms with Gasteiger partial charge in [-0.3, -0.25) is 0 Å². The number of fused-ring (bicyclic) bond motifs is 2. The number of aliphatic hydroxyl groups is 1. The fourth-order valence-corrected chi connectivity index (χ4v) is 2.71. The molecule has 3 aromatic rings. The molecule has 0 fully saturated rings. The lowest BCUT2D eigenvalue weighted by atomic mass is 10.1. The number of hydrogen-bond donors (Lipinski definition) is 3. The summed E-state index contributed by atoms with van der Waals surface area (Å²) in [7, 11) is 1.63. The minimum atomic E-state index is 0. The maximum absolute atomic E-state index is 8.82. The van der Waals surface area contributed by atoms with Gasteiger partial charge in [-0.25, -0.2) is 9.97 Å². The van der Waals surface area contributed by atoms with Crippen LogP contribution in [0.2, 0.25) is 5.15 Å². The molecule has 0 saturated carbocycles. The number of hydrogen-bond acceptors (Lipinski definition) is 6. The molecular formula is C17H21Cl3N4O2. The second-order valence-corrected chi connectivity index (χ2v) is 5.66. The highest BCUT2D eigenvalue weighted by molar-refractivity contribution is 6.30. The molecule has 0 aliphatic carbocycles. The first-order valence-corrected chi connectivity index (χ1v) is 8.10. The molecule has 3 N–H and O–H groups in total. The number of anilines is 1. The Bertz CT molecular complexity index is 864. The summed E-state index contributed by atoms with van der Waals surface area (Å²) in [6.07, 6.45) is 0. The lowest BCUT2D eigenvalue weighted by Crippen LogP contribution is -2.25. The monoisotopic (exact) mass is 418 g/mol. The number of ether oxygens (including phenoxy) is 1. The molecule has 3 rings (SSSR count). The summed E-state index contributed by atoms with van der Waals surface area (Å²) < 4.78 is 5.29. The second kappa shape index (κ2) is 10.5. The number of pyridine rings is 2. The smallest absolute Gasteiger partial charge is 0.130 e. The zero-order valence-corrected chi connectivity index (χ0v) is 16.5. The number of methoxy groups -OCH3 is 1. The maximum Gasteiger partial charge on any atom is 0.130 e. The van der Waals surface area contributed by atoms with Crippen molar-refractivity contribution >= 4 is 64.0 Å². The van der Waals surface area contributed by atoms with Crippen molar-refractivity contribution in [1.82, 2.24) is 15.3 Å². The Morgan fingerprint density at radius 1 is 1.04 bits per heavy atom. The molecule has 0 bridgehead atoms. The molecule has 0 aliphatic rings. The van der Waals surface area contributed by atoms with Crippen molar-refractivity contribution < 1.29 is 9.84 Å². The van der Waals surface area contributed by atoms with Crippen LogP contribution in [0.15, 0.2) is 30.3 Å². The lowest BCUT2D eigenvalue weighted by molar-refractivity contribution is 0.293. The van der Waals surface area contributed by atoms with Gasteiger partial charge < -0.3 is 20.5 Å². The maximum atomic E-state index is 8.82. The minimum Gasteiger partial charge on any atom is -0.497 e. The van der Waals surface area contributed by atoms with Crippen molar-refractivity contribution in [3.8, 4) is 5.75 Å². The van der Waals surface area contributed by atoms with Crippen LogP contribution >= 0.6 is 36.4 Å². The standard InChI is InChI=1S/C17H19ClN4O2.2ClH/c1-24-11-2-3-12-14(10-11)21-13-4-5-15(18)22-17(13)16(12)20-7-6-19-8-9-23;;/h2-5,10,19,23H,6-9H2,1H3,(H,20,21);2*1H. The fraction of sp³-hybridized carbons (Fsp3) is 0.294. The molecule has 2 aromatic heterocycles. The van der Waals surface area contributed by atoms with Crippen molar-refractivity contribution in [2.75, 3.05) is 38.7 Å². The predicted octanol–water partition coefficient (Wildman–Crippen LogP) is 3.28. The summed E-state index contributed by atoms with van der Waals surface area (Å²) in [5.74, 6) is 0.756. The van der Waals surface area contributed by atoms with E-state index in [1.807, 2.05) is 24.3 Å². The molecule has 0 radical (unpaired) electrons. The van der Waals surface area contributed by atoms with Crippen molar-refractivity contribution in [2.24, 2.45) is 0 Å². The van der Waals surface area contributed by atoms with Gasteiger partial charge in [0.15, 0.2) is 0 Å². The van der Waals surface area contributed by atoms with Crippen molar-refractivity contribution in [1.29, 1.82) is 0 Å². The normalized spacial score (nSPS) is 10.3. The average molecular weight is 420 g/mol. The van der Waals surface area contributed by atoms with Gasteiger partial charge in [-0.1, -0.05) is 11.6 Å². The van der Waals surface area contributed by atoms with Crippen LogP contribution in [0.4, 0.5) is 5.69 Å². The summed E-state index contributed by atoms with van der Waals surface area (Å²) in [6.45, 7) is 2.11. The molecule has 142 valence electrons. The van der Waals surface area contributed by atoms with Gasteiger partial charge in [0.1, 0.15) is 16.4 Å². The van der Waals surface area contributed by atoms with Crippen molar-refractivity contribution in [3.05, 3.63) is 35.5 Å². The Morgan fingerprint density at radius 2 is 1.85 bits per heavy atom. The van der Waals surface area contributed by atoms with Crippen LogP contribution in [-0.4, -0.2) is 48.4 Å². The molecule has 0 unspecified atom stereocenters. The Kier molecular flexibility index (Phi) is 9.12. The quantitative estimate of drug-likeness (QED) is 0.310. The van der Waals surface area contributed by atoms with Gasteiger partial charge in [0.2, 0.25) is 0 Å². The molecule has 2 heterocycles. The zero-order valence-electron chi connectivity index (χ0n) is 14.2. The number of aromatic nitrogens is 2. The van der Waals surface area contributed by atoms with Crippen LogP contribution in [0.3, 0.4) is 0 Å². The van der Waals surface area contributed by atoms with Gasteiger partial charge in [0.05, 0.1) is 30.4 Å². The summed E-state index contributed by atoms with van der Waals surface area (Å²) in [5.41, 5.74) is 3.23. The Morgan fingerprint density at radius 3 is 2.58 bits per heavy atom. The topological polar surface area (TPSA) is 79.3 Å². The van der Waals surface area contributed by atoms with Crippen LogP contribution in [0.5, 0.6) is 5.75 Å². The van der Waals surface area contributed by atoms with Gasteiger partial charge >= 0.3 is 0 Å². The number of nitrogens with one attached hydrogen (secondary N) is 2. The number of rotatable bonds is 7. The van der Waals surface area contributed by atoms with Gasteiger partial charge in [-0.15, -0.1) is 24.8 Å². The number of halogens is 3. The molecular weight excluding hydrogens is 399 g/mol. The van der Waals surface area contributed by atoms with E-state index in [-0.39, 0.29) is 31.4 Å². The summed E-state index contributed by atoms with van der Waals surface area (Å²) in [5, 5.41) is 16.7. The molecule has 0 aliphatic heterocycles. The molecule has 6 nitrogen and oxygen atoms in total. The van der Waals surface area contributed by atoms with E-state index in [9.17, 15) is 0 Å². The van der Waals surface area contributed by atoms with Gasteiger partial charge in [-0.2, -0.15) is 0 Å². The van der Waals surface area contributed by atoms with Crippen molar-refractivity contribution in [3.63, 3.8) is 0 Å². The van der Waals surface area contributed by atoms with Crippen LogP contribution < -0.4 is 15.4 Å². The van der Waals surface area contributed by atoms with E-state index in [2.05, 4.69) is 20.6 Å². The van der Waals surface area contributed by atoms with Gasteiger partial charge in [-0.05, 0) is 24.3 Å². The third kappa shape index (κ3) is 4.99. The first-order valence-electron chi connectivity index (χ1n) is 7.72. The SMILES string of the molecule is COc1ccc2c(NCCNCCO)c3nc(Cl)ccc3nc2c1.Cl.Cl. The number of nitrogens with zero attached hydrogens (tertiary/aromatic N) is 2. The third-order valence-electron chi connectivity index (χ3n) is 3.68. The molecule has 1 aromatic carbocycles. The zero-order chi connectivity index (χ0) is 16.9. The van der Waals surface area contributed by atoms with Crippen LogP contribution in [0, 0.1) is 0 Å². The first-order chi connectivity index (χ1) is 11.7. The van der Waals surface area contributed by atoms with E-state index in [0.717, 1.165) is 39.9 Å². The van der Waals surface area contributed by atoms with E-state index < -0.39 is 0 Å². The van der Waals surface area contributed by atoms with E-state index in [4.69, 9.17) is 21.4 Å². The van der Waals surface area contributed by atoms with E-state index in [1.165, 1.54) is 0 Å². The largest absolute Gasteiger partial charge is 0.497 e. The fourth-order valence-electron chi connectivity index (χ4n) is 2.56. The van der Waals surface area contributed by atoms with Crippen molar-refractivity contribution in [2.45, 2.75) is 0 Å². The third-order valence-corrected chi connectivity index (χ3v) is 3.89. The summed E-state index contributed by atoms with van der Waals surface area (Å²) in [4.78, 5) is 9.09. The van der Waals surface area contributed by atoms with Gasteiger partial charge in [0, 0.05) is 31.1 Å². The van der Waals surface area contributed by atoms with E-state index in [0.29, 0.717) is 18.2 Å². The molecule has 0 spiro atoms. The summed E-state index contributed by atoms with van der Waals surface area (Å²) >= 11 is 6.07.